The van der Waals surface area contributed by atoms with Crippen molar-refractivity contribution in [3.8, 4) is 5.82 Å². The van der Waals surface area contributed by atoms with Crippen LogP contribution in [0, 0.1) is 6.92 Å². The predicted molar refractivity (Wildman–Crippen MR) is 106 cm³/mol. The molecule has 0 spiro atoms. The number of benzene rings is 1. The van der Waals surface area contributed by atoms with E-state index in [0.29, 0.717) is 47.1 Å². The summed E-state index contributed by atoms with van der Waals surface area (Å²) in [7, 11) is 0. The average Bonchev–Trinajstić information content (AvgIpc) is 2.65. The third-order valence-electron chi connectivity index (χ3n) is 3.94. The molecule has 3 aromatic rings. The molecule has 0 atom stereocenters. The summed E-state index contributed by atoms with van der Waals surface area (Å²) in [4.78, 5) is 33.6. The van der Waals surface area contributed by atoms with E-state index in [1.54, 1.807) is 23.8 Å². The lowest BCUT2D eigenvalue weighted by molar-refractivity contribution is -0.143. The fraction of sp³-hybridized carbons (Fsp3) is 0.300. The molecule has 0 amide bonds. The Bertz CT molecular complexity index is 1020. The Morgan fingerprint density at radius 1 is 1.26 bits per heavy atom. The highest BCUT2D eigenvalue weighted by Crippen LogP contribution is 2.22. The average molecular weight is 383 g/mol. The summed E-state index contributed by atoms with van der Waals surface area (Å²) in [6.07, 6.45) is 2.68. The Morgan fingerprint density at radius 2 is 2.07 bits per heavy atom. The molecule has 1 aromatic carbocycles. The molecule has 2 aromatic heterocycles. The molecule has 0 aliphatic carbocycles. The molecule has 0 N–H and O–H groups in total. The Kier molecular flexibility index (Phi) is 6.24. The zero-order chi connectivity index (χ0) is 19.2. The Morgan fingerprint density at radius 3 is 2.85 bits per heavy atom. The topological polar surface area (TPSA) is 74.1 Å². The number of aryl methyl sites for hydroxylation is 1. The lowest BCUT2D eigenvalue weighted by Gasteiger charge is -2.12. The molecule has 7 heteroatoms. The Hall–Kier alpha value is -2.67. The van der Waals surface area contributed by atoms with Crippen molar-refractivity contribution in [2.75, 3.05) is 12.4 Å². The molecular weight excluding hydrogens is 362 g/mol. The largest absolute Gasteiger partial charge is 0.466 e. The molecule has 6 nitrogen and oxygen atoms in total. The van der Waals surface area contributed by atoms with Gasteiger partial charge in [-0.3, -0.25) is 9.59 Å². The lowest BCUT2D eigenvalue weighted by atomic mass is 10.2. The van der Waals surface area contributed by atoms with Crippen LogP contribution in [0.15, 0.2) is 52.5 Å². The van der Waals surface area contributed by atoms with Crippen molar-refractivity contribution in [3.63, 3.8) is 0 Å². The van der Waals surface area contributed by atoms with Gasteiger partial charge in [-0.25, -0.2) is 14.5 Å². The summed E-state index contributed by atoms with van der Waals surface area (Å²) in [6.45, 7) is 4.13. The van der Waals surface area contributed by atoms with Gasteiger partial charge < -0.3 is 4.74 Å². The minimum atomic E-state index is -0.206. The summed E-state index contributed by atoms with van der Waals surface area (Å²) < 4.78 is 6.49. The van der Waals surface area contributed by atoms with Crippen LogP contribution >= 0.6 is 11.8 Å². The molecule has 3 rings (SSSR count). The smallest absolute Gasteiger partial charge is 0.305 e. The van der Waals surface area contributed by atoms with Crippen molar-refractivity contribution in [3.05, 3.63) is 58.5 Å². The molecule has 0 unspecified atom stereocenters. The van der Waals surface area contributed by atoms with Crippen molar-refractivity contribution < 1.29 is 9.53 Å². The molecule has 2 heterocycles. The molecule has 0 aliphatic rings. The van der Waals surface area contributed by atoms with Gasteiger partial charge in [-0.05, 0) is 50.1 Å². The number of nitrogens with zero attached hydrogens (tertiary/aromatic N) is 3. The molecule has 0 saturated carbocycles. The first kappa shape index (κ1) is 19.1. The second-order valence-corrected chi connectivity index (χ2v) is 7.06. The van der Waals surface area contributed by atoms with Crippen LogP contribution in [0.4, 0.5) is 0 Å². The Labute approximate surface area is 161 Å². The maximum Gasteiger partial charge on any atom is 0.305 e. The number of pyridine rings is 1. The SMILES string of the molecule is CCOC(=O)CCCSc1nc2ccccc2c(=O)n1-c1cc(C)ccn1. The van der Waals surface area contributed by atoms with Crippen molar-refractivity contribution in [1.29, 1.82) is 0 Å². The maximum absolute atomic E-state index is 13.1. The van der Waals surface area contributed by atoms with Gasteiger partial charge in [0, 0.05) is 18.4 Å². The van der Waals surface area contributed by atoms with E-state index >= 15 is 0 Å². The second-order valence-electron chi connectivity index (χ2n) is 6.00. The quantitative estimate of drug-likeness (QED) is 0.269. The molecule has 0 bridgehead atoms. The van der Waals surface area contributed by atoms with E-state index in [0.717, 1.165) is 5.56 Å². The fourth-order valence-corrected chi connectivity index (χ4v) is 3.61. The highest BCUT2D eigenvalue weighted by atomic mass is 32.2. The van der Waals surface area contributed by atoms with Gasteiger partial charge in [0.1, 0.15) is 5.82 Å². The number of aromatic nitrogens is 3. The van der Waals surface area contributed by atoms with Gasteiger partial charge in [0.25, 0.3) is 5.56 Å². The number of ether oxygens (including phenoxy) is 1. The molecule has 0 radical (unpaired) electrons. The van der Waals surface area contributed by atoms with Gasteiger partial charge in [0.05, 0.1) is 17.5 Å². The molecule has 140 valence electrons. The number of carbonyl (C=O) groups excluding carboxylic acids is 1. The van der Waals surface area contributed by atoms with Gasteiger partial charge in [-0.2, -0.15) is 0 Å². The number of para-hydroxylation sites is 1. The highest BCUT2D eigenvalue weighted by molar-refractivity contribution is 7.99. The minimum absolute atomic E-state index is 0.147. The first-order valence-corrected chi connectivity index (χ1v) is 9.82. The van der Waals surface area contributed by atoms with Crippen molar-refractivity contribution in [1.82, 2.24) is 14.5 Å². The standard InChI is InChI=1S/C20H21N3O3S/c1-3-26-18(24)9-6-12-27-20-22-16-8-5-4-7-15(16)19(25)23(20)17-13-14(2)10-11-21-17/h4-5,7-8,10-11,13H,3,6,9,12H2,1-2H3. The second kappa shape index (κ2) is 8.81. The van der Waals surface area contributed by atoms with Crippen LogP contribution in [0.1, 0.15) is 25.3 Å². The molecule has 0 fully saturated rings. The summed E-state index contributed by atoms with van der Waals surface area (Å²) in [6, 6.07) is 11.0. The predicted octanol–water partition coefficient (Wildman–Crippen LogP) is 3.52. The first-order chi connectivity index (χ1) is 13.1. The summed E-state index contributed by atoms with van der Waals surface area (Å²) in [5.74, 6) is 0.989. The fourth-order valence-electron chi connectivity index (χ4n) is 2.67. The third kappa shape index (κ3) is 4.54. The zero-order valence-corrected chi connectivity index (χ0v) is 16.2. The van der Waals surface area contributed by atoms with Crippen LogP contribution in [0.2, 0.25) is 0 Å². The molecule has 0 aliphatic heterocycles. The first-order valence-electron chi connectivity index (χ1n) is 8.83. The normalized spacial score (nSPS) is 10.9. The third-order valence-corrected chi connectivity index (χ3v) is 4.96. The minimum Gasteiger partial charge on any atom is -0.466 e. The van der Waals surface area contributed by atoms with Gasteiger partial charge in [0.2, 0.25) is 0 Å². The number of thioether (sulfide) groups is 1. The summed E-state index contributed by atoms with van der Waals surface area (Å²) in [5.41, 5.74) is 1.52. The van der Waals surface area contributed by atoms with Crippen LogP contribution < -0.4 is 5.56 Å². The highest BCUT2D eigenvalue weighted by Gasteiger charge is 2.14. The van der Waals surface area contributed by atoms with Crippen LogP contribution in [-0.2, 0) is 9.53 Å². The molecule has 0 saturated heterocycles. The number of esters is 1. The van der Waals surface area contributed by atoms with E-state index in [9.17, 15) is 9.59 Å². The molecule has 27 heavy (non-hydrogen) atoms. The van der Waals surface area contributed by atoms with E-state index < -0.39 is 0 Å². The maximum atomic E-state index is 13.1. The van der Waals surface area contributed by atoms with E-state index in [-0.39, 0.29) is 11.5 Å². The Balaban J connectivity index is 1.94. The van der Waals surface area contributed by atoms with E-state index in [1.165, 1.54) is 11.8 Å². The van der Waals surface area contributed by atoms with Crippen LogP contribution in [0.3, 0.4) is 0 Å². The number of hydrogen-bond donors (Lipinski definition) is 0. The van der Waals surface area contributed by atoms with E-state index in [2.05, 4.69) is 9.97 Å². The van der Waals surface area contributed by atoms with E-state index in [4.69, 9.17) is 4.74 Å². The number of fused-ring (bicyclic) bond motifs is 1. The van der Waals surface area contributed by atoms with Crippen LogP contribution in [0.25, 0.3) is 16.7 Å². The van der Waals surface area contributed by atoms with Gasteiger partial charge in [-0.1, -0.05) is 23.9 Å². The van der Waals surface area contributed by atoms with Gasteiger partial charge in [-0.15, -0.1) is 0 Å². The zero-order valence-electron chi connectivity index (χ0n) is 15.3. The van der Waals surface area contributed by atoms with E-state index in [1.807, 2.05) is 37.3 Å². The lowest BCUT2D eigenvalue weighted by Crippen LogP contribution is -2.22. The van der Waals surface area contributed by atoms with Gasteiger partial charge >= 0.3 is 5.97 Å². The van der Waals surface area contributed by atoms with Crippen LogP contribution in [-0.4, -0.2) is 32.9 Å². The van der Waals surface area contributed by atoms with Crippen molar-refractivity contribution in [2.45, 2.75) is 31.8 Å². The number of rotatable bonds is 7. The van der Waals surface area contributed by atoms with Gasteiger partial charge in [0.15, 0.2) is 5.16 Å². The monoisotopic (exact) mass is 383 g/mol. The summed E-state index contributed by atoms with van der Waals surface area (Å²) >= 11 is 1.44. The molecular formula is C20H21N3O3S. The van der Waals surface area contributed by atoms with Crippen molar-refractivity contribution >= 4 is 28.6 Å². The summed E-state index contributed by atoms with van der Waals surface area (Å²) in [5, 5.41) is 1.12. The van der Waals surface area contributed by atoms with Crippen molar-refractivity contribution in [2.24, 2.45) is 0 Å². The number of carbonyl (C=O) groups is 1. The van der Waals surface area contributed by atoms with Crippen LogP contribution in [0.5, 0.6) is 0 Å². The number of hydrogen-bond acceptors (Lipinski definition) is 6.